The number of hydrogen-bond acceptors (Lipinski definition) is 7. The van der Waals surface area contributed by atoms with E-state index in [1.165, 1.54) is 23.8 Å². The van der Waals surface area contributed by atoms with Crippen LogP contribution in [0.4, 0.5) is 0 Å². The molecular formula is C16H23N5O4S. The summed E-state index contributed by atoms with van der Waals surface area (Å²) in [6.45, 7) is 4.19. The summed E-state index contributed by atoms with van der Waals surface area (Å²) in [7, 11) is -0.389. The van der Waals surface area contributed by atoms with Crippen molar-refractivity contribution in [1.29, 1.82) is 0 Å². The predicted octanol–water partition coefficient (Wildman–Crippen LogP) is 1.07. The van der Waals surface area contributed by atoms with Crippen molar-refractivity contribution in [3.05, 3.63) is 23.8 Å². The highest BCUT2D eigenvalue weighted by molar-refractivity contribution is 7.89. The summed E-state index contributed by atoms with van der Waals surface area (Å²) in [5.41, 5.74) is 1.14. The molecule has 0 radical (unpaired) electrons. The van der Waals surface area contributed by atoms with E-state index in [0.717, 1.165) is 6.42 Å². The highest BCUT2D eigenvalue weighted by Gasteiger charge is 2.35. The van der Waals surface area contributed by atoms with Gasteiger partial charge in [0.1, 0.15) is 11.0 Å². The van der Waals surface area contributed by atoms with Crippen molar-refractivity contribution >= 4 is 10.0 Å². The Morgan fingerprint density at radius 1 is 1.23 bits per heavy atom. The molecule has 0 saturated carbocycles. The predicted molar refractivity (Wildman–Crippen MR) is 93.7 cm³/mol. The number of aromatic nitrogens is 4. The molecule has 3 rings (SSSR count). The minimum Gasteiger partial charge on any atom is -0.480 e. The Morgan fingerprint density at radius 2 is 1.96 bits per heavy atom. The van der Waals surface area contributed by atoms with Crippen LogP contribution in [-0.2, 0) is 17.1 Å². The fraction of sp³-hybridized carbons (Fsp3) is 0.562. The van der Waals surface area contributed by atoms with Crippen LogP contribution in [0.25, 0.3) is 0 Å². The standard InChI is InChI=1S/C16H23N5O4S/c1-11-16(12(2)20(3)19-11)26(22,23)21-7-5-6-13(10-21)25-15-9-17-8-14(18-15)24-4/h8-9,13H,5-7,10H2,1-4H3. The van der Waals surface area contributed by atoms with E-state index in [-0.39, 0.29) is 17.5 Å². The van der Waals surface area contributed by atoms with E-state index in [0.29, 0.717) is 36.1 Å². The molecule has 9 nitrogen and oxygen atoms in total. The van der Waals surface area contributed by atoms with Gasteiger partial charge in [0.25, 0.3) is 0 Å². The van der Waals surface area contributed by atoms with Crippen molar-refractivity contribution in [2.75, 3.05) is 20.2 Å². The van der Waals surface area contributed by atoms with Gasteiger partial charge in [-0.1, -0.05) is 0 Å². The van der Waals surface area contributed by atoms with Crippen LogP contribution >= 0.6 is 0 Å². The zero-order valence-corrected chi connectivity index (χ0v) is 16.2. The van der Waals surface area contributed by atoms with Crippen LogP contribution in [0.3, 0.4) is 0 Å². The maximum absolute atomic E-state index is 13.1. The first-order chi connectivity index (χ1) is 12.3. The zero-order chi connectivity index (χ0) is 18.9. The first kappa shape index (κ1) is 18.6. The van der Waals surface area contributed by atoms with Crippen LogP contribution in [0.1, 0.15) is 24.2 Å². The minimum absolute atomic E-state index is 0.259. The molecule has 26 heavy (non-hydrogen) atoms. The SMILES string of the molecule is COc1cncc(OC2CCCN(S(=O)(=O)c3c(C)nn(C)c3C)C2)n1. The van der Waals surface area contributed by atoms with Gasteiger partial charge in [0.2, 0.25) is 21.8 Å². The van der Waals surface area contributed by atoms with Crippen molar-refractivity contribution in [3.8, 4) is 11.8 Å². The van der Waals surface area contributed by atoms with Gasteiger partial charge in [-0.15, -0.1) is 0 Å². The molecule has 0 spiro atoms. The molecule has 1 saturated heterocycles. The molecule has 142 valence electrons. The molecule has 0 amide bonds. The van der Waals surface area contributed by atoms with Crippen LogP contribution < -0.4 is 9.47 Å². The third-order valence-electron chi connectivity index (χ3n) is 4.47. The molecule has 0 N–H and O–H groups in total. The Kier molecular flexibility index (Phi) is 5.15. The summed E-state index contributed by atoms with van der Waals surface area (Å²) in [6, 6.07) is 0. The highest BCUT2D eigenvalue weighted by atomic mass is 32.2. The average Bonchev–Trinajstić information content (AvgIpc) is 2.88. The lowest BCUT2D eigenvalue weighted by molar-refractivity contribution is 0.123. The summed E-state index contributed by atoms with van der Waals surface area (Å²) >= 11 is 0. The van der Waals surface area contributed by atoms with Crippen molar-refractivity contribution in [1.82, 2.24) is 24.1 Å². The van der Waals surface area contributed by atoms with Gasteiger partial charge < -0.3 is 9.47 Å². The van der Waals surface area contributed by atoms with Gasteiger partial charge in [-0.25, -0.2) is 8.42 Å². The van der Waals surface area contributed by atoms with Crippen LogP contribution in [0.2, 0.25) is 0 Å². The quantitative estimate of drug-likeness (QED) is 0.764. The number of sulfonamides is 1. The number of hydrogen-bond donors (Lipinski definition) is 0. The number of methoxy groups -OCH3 is 1. The van der Waals surface area contributed by atoms with Crippen molar-refractivity contribution in [3.63, 3.8) is 0 Å². The third-order valence-corrected chi connectivity index (χ3v) is 6.59. The van der Waals surface area contributed by atoms with E-state index in [4.69, 9.17) is 9.47 Å². The van der Waals surface area contributed by atoms with Gasteiger partial charge in [-0.05, 0) is 26.7 Å². The second-order valence-electron chi connectivity index (χ2n) is 6.27. The third kappa shape index (κ3) is 3.51. The Morgan fingerprint density at radius 3 is 2.62 bits per heavy atom. The maximum atomic E-state index is 13.1. The molecular weight excluding hydrogens is 358 g/mol. The smallest absolute Gasteiger partial charge is 0.246 e. The number of piperidine rings is 1. The molecule has 1 aliphatic rings. The molecule has 0 aliphatic carbocycles. The molecule has 0 bridgehead atoms. The molecule has 3 heterocycles. The van der Waals surface area contributed by atoms with Gasteiger partial charge in [-0.2, -0.15) is 14.4 Å². The lowest BCUT2D eigenvalue weighted by Crippen LogP contribution is -2.44. The van der Waals surface area contributed by atoms with Gasteiger partial charge in [-0.3, -0.25) is 9.67 Å². The average molecular weight is 381 g/mol. The first-order valence-electron chi connectivity index (χ1n) is 8.36. The van der Waals surface area contributed by atoms with Gasteiger partial charge >= 0.3 is 0 Å². The first-order valence-corrected chi connectivity index (χ1v) is 9.80. The minimum atomic E-state index is -3.63. The lowest BCUT2D eigenvalue weighted by atomic mass is 10.1. The Balaban J connectivity index is 1.79. The summed E-state index contributed by atoms with van der Waals surface area (Å²) in [5, 5.41) is 4.23. The number of nitrogens with zero attached hydrogens (tertiary/aromatic N) is 5. The van der Waals surface area contributed by atoms with E-state index in [2.05, 4.69) is 15.1 Å². The Bertz CT molecular complexity index is 896. The van der Waals surface area contributed by atoms with Crippen LogP contribution in [-0.4, -0.2) is 58.8 Å². The van der Waals surface area contributed by atoms with E-state index < -0.39 is 10.0 Å². The lowest BCUT2D eigenvalue weighted by Gasteiger charge is -2.31. The number of ether oxygens (including phenoxy) is 2. The van der Waals surface area contributed by atoms with E-state index >= 15 is 0 Å². The molecule has 2 aromatic heterocycles. The molecule has 2 aromatic rings. The van der Waals surface area contributed by atoms with E-state index in [9.17, 15) is 8.42 Å². The second kappa shape index (κ2) is 7.20. The Hall–Kier alpha value is -2.20. The maximum Gasteiger partial charge on any atom is 0.246 e. The second-order valence-corrected chi connectivity index (χ2v) is 8.14. The number of rotatable bonds is 5. The summed E-state index contributed by atoms with van der Waals surface area (Å²) < 4.78 is 40.2. The summed E-state index contributed by atoms with van der Waals surface area (Å²) in [4.78, 5) is 8.46. The van der Waals surface area contributed by atoms with Crippen LogP contribution in [0.15, 0.2) is 17.3 Å². The number of aryl methyl sites for hydroxylation is 2. The van der Waals surface area contributed by atoms with E-state index in [1.807, 2.05) is 0 Å². The van der Waals surface area contributed by atoms with Crippen LogP contribution in [0.5, 0.6) is 11.8 Å². The van der Waals surface area contributed by atoms with Crippen LogP contribution in [0, 0.1) is 13.8 Å². The fourth-order valence-corrected chi connectivity index (χ4v) is 5.04. The monoisotopic (exact) mass is 381 g/mol. The molecule has 10 heteroatoms. The largest absolute Gasteiger partial charge is 0.480 e. The molecule has 0 aromatic carbocycles. The molecule has 1 atom stereocenters. The highest BCUT2D eigenvalue weighted by Crippen LogP contribution is 2.27. The Labute approximate surface area is 153 Å². The van der Waals surface area contributed by atoms with Crippen molar-refractivity contribution < 1.29 is 17.9 Å². The van der Waals surface area contributed by atoms with Crippen molar-refractivity contribution in [2.24, 2.45) is 7.05 Å². The van der Waals surface area contributed by atoms with Gasteiger partial charge in [0.15, 0.2) is 0 Å². The van der Waals surface area contributed by atoms with E-state index in [1.54, 1.807) is 25.6 Å². The van der Waals surface area contributed by atoms with Gasteiger partial charge in [0.05, 0.1) is 37.4 Å². The van der Waals surface area contributed by atoms with Crippen molar-refractivity contribution in [2.45, 2.75) is 37.7 Å². The topological polar surface area (TPSA) is 99.4 Å². The summed E-state index contributed by atoms with van der Waals surface area (Å²) in [5.74, 6) is 0.673. The zero-order valence-electron chi connectivity index (χ0n) is 15.3. The molecule has 1 aliphatic heterocycles. The summed E-state index contributed by atoms with van der Waals surface area (Å²) in [6.07, 6.45) is 4.14. The molecule has 1 unspecified atom stereocenters. The van der Waals surface area contributed by atoms with Gasteiger partial charge in [0, 0.05) is 13.6 Å². The fourth-order valence-electron chi connectivity index (χ4n) is 3.13. The normalized spacial score (nSPS) is 18.7. The molecule has 1 fully saturated rings.